The molecule has 0 aliphatic carbocycles. The van der Waals surface area contributed by atoms with Crippen molar-refractivity contribution in [3.8, 4) is 0 Å². The number of fused-ring (bicyclic) bond motifs is 1. The van der Waals surface area contributed by atoms with Crippen molar-refractivity contribution in [1.29, 1.82) is 0 Å². The van der Waals surface area contributed by atoms with Crippen LogP contribution < -0.4 is 0 Å². The summed E-state index contributed by atoms with van der Waals surface area (Å²) in [6.45, 7) is 3.85. The van der Waals surface area contributed by atoms with Gasteiger partial charge in [-0.3, -0.25) is 0 Å². The summed E-state index contributed by atoms with van der Waals surface area (Å²) in [5.41, 5.74) is 2.79. The van der Waals surface area contributed by atoms with Gasteiger partial charge >= 0.3 is 79.9 Å². The van der Waals surface area contributed by atoms with E-state index in [4.69, 9.17) is 0 Å². The molecular formula is C7H7GaN4. The topological polar surface area (TPSA) is 43.6 Å². The molecule has 5 heteroatoms. The molecule has 0 amide bonds. The van der Waals surface area contributed by atoms with Crippen LogP contribution in [-0.2, 0) is 0 Å². The molecule has 0 unspecified atom stereocenters. The number of aryl methyl sites for hydroxylation is 2. The number of aromatic nitrogens is 4. The van der Waals surface area contributed by atoms with Gasteiger partial charge in [0.15, 0.2) is 0 Å². The third kappa shape index (κ3) is 1.05. The second-order valence-corrected chi connectivity index (χ2v) is 3.85. The van der Waals surface area contributed by atoms with Crippen LogP contribution in [-0.4, -0.2) is 37.1 Å². The van der Waals surface area contributed by atoms with Crippen LogP contribution in [0.3, 0.4) is 0 Å². The summed E-state index contributed by atoms with van der Waals surface area (Å²) in [5.74, 6) is 0.805. The molecule has 12 heavy (non-hydrogen) atoms. The van der Waals surface area contributed by atoms with Crippen LogP contribution in [0.25, 0.3) is 11.2 Å². The Labute approximate surface area is 80.2 Å². The van der Waals surface area contributed by atoms with Gasteiger partial charge in [0, 0.05) is 0 Å². The number of hydrogen-bond acceptors (Lipinski definition) is 3. The standard InChI is InChI=1S/C7H7N4.Ga/c1-4-6-7(9-3-8-6)11-5(2)10-4;/h3H,1-2H3;/q-1;+1. The minimum atomic E-state index is 0.805. The zero-order chi connectivity index (χ0) is 8.72. The van der Waals surface area contributed by atoms with Crippen LogP contribution >= 0.6 is 0 Å². The van der Waals surface area contributed by atoms with Gasteiger partial charge in [-0.1, -0.05) is 0 Å². The maximum atomic E-state index is 4.30. The molecule has 0 atom stereocenters. The van der Waals surface area contributed by atoms with Crippen LogP contribution in [0.5, 0.6) is 0 Å². The monoisotopic (exact) mass is 216 g/mol. The fourth-order valence-corrected chi connectivity index (χ4v) is 1.71. The Kier molecular flexibility index (Phi) is 1.69. The summed E-state index contributed by atoms with van der Waals surface area (Å²) in [4.78, 5) is 12.7. The quantitative estimate of drug-likeness (QED) is 0.598. The summed E-state index contributed by atoms with van der Waals surface area (Å²) >= 11 is 1.48. The number of nitrogens with zero attached hydrogens (tertiary/aromatic N) is 4. The molecule has 0 fully saturated rings. The second-order valence-electron chi connectivity index (χ2n) is 2.68. The Balaban J connectivity index is 2.92. The number of rotatable bonds is 0. The Morgan fingerprint density at radius 1 is 1.33 bits per heavy atom. The van der Waals surface area contributed by atoms with Gasteiger partial charge in [-0.2, -0.15) is 0 Å². The van der Waals surface area contributed by atoms with Gasteiger partial charge in [0.25, 0.3) is 0 Å². The van der Waals surface area contributed by atoms with Crippen LogP contribution in [0, 0.1) is 13.8 Å². The molecule has 0 saturated heterocycles. The van der Waals surface area contributed by atoms with Crippen LogP contribution in [0.4, 0.5) is 0 Å². The van der Waals surface area contributed by atoms with E-state index in [0.29, 0.717) is 0 Å². The van der Waals surface area contributed by atoms with Gasteiger partial charge < -0.3 is 0 Å². The molecule has 2 heterocycles. The molecule has 0 aliphatic heterocycles. The average Bonchev–Trinajstić information content (AvgIpc) is 2.33. The third-order valence-electron chi connectivity index (χ3n) is 1.71. The zero-order valence-corrected chi connectivity index (χ0v) is 9.37. The molecule has 58 valence electrons. The zero-order valence-electron chi connectivity index (χ0n) is 6.94. The van der Waals surface area contributed by atoms with Crippen molar-refractivity contribution in [3.63, 3.8) is 0 Å². The fourth-order valence-electron chi connectivity index (χ4n) is 1.19. The Bertz CT molecular complexity index is 434. The van der Waals surface area contributed by atoms with Gasteiger partial charge in [0.2, 0.25) is 0 Å². The van der Waals surface area contributed by atoms with Crippen LogP contribution in [0.2, 0.25) is 0 Å². The Hall–Kier alpha value is -0.814. The molecule has 0 bridgehead atoms. The van der Waals surface area contributed by atoms with Gasteiger partial charge in [-0.25, -0.2) is 0 Å². The van der Waals surface area contributed by atoms with Crippen molar-refractivity contribution in [2.75, 3.05) is 0 Å². The van der Waals surface area contributed by atoms with Crippen molar-refractivity contribution < 1.29 is 0 Å². The summed E-state index contributed by atoms with van der Waals surface area (Å²) in [7, 11) is 0. The van der Waals surface area contributed by atoms with E-state index in [2.05, 4.69) is 15.0 Å². The summed E-state index contributed by atoms with van der Waals surface area (Å²) in [6, 6.07) is 0. The minimum absolute atomic E-state index is 0.805. The molecule has 2 radical (unpaired) electrons. The first-order chi connectivity index (χ1) is 5.68. The Morgan fingerprint density at radius 2 is 2.08 bits per heavy atom. The van der Waals surface area contributed by atoms with Gasteiger partial charge in [-0.05, 0) is 0 Å². The summed E-state index contributed by atoms with van der Waals surface area (Å²) in [6.07, 6.45) is 1.78. The van der Waals surface area contributed by atoms with E-state index < -0.39 is 0 Å². The fraction of sp³-hybridized carbons (Fsp3) is 0.286. The number of imidazole rings is 1. The first-order valence-corrected chi connectivity index (χ1v) is 4.70. The molecule has 0 N–H and O–H groups in total. The van der Waals surface area contributed by atoms with Gasteiger partial charge in [-0.15, -0.1) is 0 Å². The first kappa shape index (κ1) is 7.82. The molecule has 4 nitrogen and oxygen atoms in total. The van der Waals surface area contributed by atoms with Crippen molar-refractivity contribution in [2.45, 2.75) is 13.8 Å². The van der Waals surface area contributed by atoms with Gasteiger partial charge in [0.1, 0.15) is 0 Å². The molecule has 2 aromatic heterocycles. The Morgan fingerprint density at radius 3 is 2.83 bits per heavy atom. The van der Waals surface area contributed by atoms with Crippen molar-refractivity contribution in [2.24, 2.45) is 0 Å². The molecule has 0 aromatic carbocycles. The molecule has 0 spiro atoms. The maximum absolute atomic E-state index is 4.30. The summed E-state index contributed by atoms with van der Waals surface area (Å²) in [5, 5.41) is 0. The van der Waals surface area contributed by atoms with E-state index in [1.807, 2.05) is 17.1 Å². The number of hydrogen-bond donors (Lipinski definition) is 0. The summed E-state index contributed by atoms with van der Waals surface area (Å²) < 4.78 is 1.96. The molecule has 2 aromatic rings. The predicted molar refractivity (Wildman–Crippen MR) is 45.9 cm³/mol. The van der Waals surface area contributed by atoms with E-state index in [1.165, 1.54) is 18.8 Å². The average molecular weight is 217 g/mol. The van der Waals surface area contributed by atoms with Crippen molar-refractivity contribution in [1.82, 2.24) is 18.2 Å². The predicted octanol–water partition coefficient (Wildman–Crippen LogP) is 0.375. The molecule has 2 rings (SSSR count). The van der Waals surface area contributed by atoms with E-state index >= 15 is 0 Å². The van der Waals surface area contributed by atoms with Gasteiger partial charge in [0.05, 0.1) is 0 Å². The third-order valence-corrected chi connectivity index (χ3v) is 2.50. The SMILES string of the molecule is Cc1nc(C)c2nc[n]([Ga])c2n1. The second kappa shape index (κ2) is 2.60. The van der Waals surface area contributed by atoms with Crippen molar-refractivity contribution in [3.05, 3.63) is 17.8 Å². The normalized spacial score (nSPS) is 10.8. The van der Waals surface area contributed by atoms with Crippen LogP contribution in [0.1, 0.15) is 11.5 Å². The van der Waals surface area contributed by atoms with E-state index in [-0.39, 0.29) is 0 Å². The van der Waals surface area contributed by atoms with E-state index in [0.717, 1.165) is 22.7 Å². The molecule has 0 aliphatic rings. The van der Waals surface area contributed by atoms with E-state index in [9.17, 15) is 0 Å². The first-order valence-electron chi connectivity index (χ1n) is 3.62. The molecule has 0 saturated carbocycles. The van der Waals surface area contributed by atoms with Crippen LogP contribution in [0.15, 0.2) is 6.33 Å². The molecular weight excluding hydrogens is 210 g/mol. The van der Waals surface area contributed by atoms with E-state index in [1.54, 1.807) is 6.33 Å². The van der Waals surface area contributed by atoms with Crippen molar-refractivity contribution >= 4 is 30.0 Å².